The van der Waals surface area contributed by atoms with Gasteiger partial charge in [-0.05, 0) is 13.0 Å². The van der Waals surface area contributed by atoms with Crippen molar-refractivity contribution in [3.05, 3.63) is 30.5 Å². The minimum atomic E-state index is -0.495. The summed E-state index contributed by atoms with van der Waals surface area (Å²) in [5.74, 6) is 0.299. The van der Waals surface area contributed by atoms with E-state index < -0.39 is 5.97 Å². The maximum atomic E-state index is 11.1. The first-order valence-corrected chi connectivity index (χ1v) is 4.01. The van der Waals surface area contributed by atoms with Crippen molar-refractivity contribution < 1.29 is 14.3 Å². The first-order chi connectivity index (χ1) is 6.63. The molecule has 0 aliphatic carbocycles. The van der Waals surface area contributed by atoms with Gasteiger partial charge in [-0.15, -0.1) is 0 Å². The van der Waals surface area contributed by atoms with E-state index in [4.69, 9.17) is 9.47 Å². The van der Waals surface area contributed by atoms with Crippen LogP contribution < -0.4 is 9.47 Å². The van der Waals surface area contributed by atoms with Gasteiger partial charge in [-0.1, -0.05) is 6.58 Å². The molecule has 0 spiro atoms. The summed E-state index contributed by atoms with van der Waals surface area (Å²) < 4.78 is 9.83. The monoisotopic (exact) mass is 193 g/mol. The Kier molecular flexibility index (Phi) is 3.23. The van der Waals surface area contributed by atoms with E-state index >= 15 is 0 Å². The van der Waals surface area contributed by atoms with Crippen LogP contribution >= 0.6 is 0 Å². The molecule has 74 valence electrons. The number of carbonyl (C=O) groups is 1. The summed E-state index contributed by atoms with van der Waals surface area (Å²) >= 11 is 0. The summed E-state index contributed by atoms with van der Waals surface area (Å²) in [7, 11) is 1.53. The molecule has 0 radical (unpaired) electrons. The molecule has 0 aliphatic rings. The van der Waals surface area contributed by atoms with E-state index in [-0.39, 0.29) is 5.88 Å². The van der Waals surface area contributed by atoms with Gasteiger partial charge in [0.1, 0.15) is 5.75 Å². The second kappa shape index (κ2) is 4.41. The molecule has 0 bridgehead atoms. The van der Waals surface area contributed by atoms with Crippen molar-refractivity contribution in [1.29, 1.82) is 0 Å². The topological polar surface area (TPSA) is 48.4 Å². The lowest BCUT2D eigenvalue weighted by molar-refractivity contribution is -0.130. The number of nitrogens with zero attached hydrogens (tertiary/aromatic N) is 1. The molecule has 0 unspecified atom stereocenters. The predicted molar refractivity (Wildman–Crippen MR) is 51.2 cm³/mol. The van der Waals surface area contributed by atoms with E-state index in [2.05, 4.69) is 11.6 Å². The highest BCUT2D eigenvalue weighted by Gasteiger charge is 2.06. The van der Waals surface area contributed by atoms with Crippen LogP contribution in [0, 0.1) is 0 Å². The number of pyridine rings is 1. The van der Waals surface area contributed by atoms with Gasteiger partial charge >= 0.3 is 5.97 Å². The van der Waals surface area contributed by atoms with Crippen molar-refractivity contribution in [2.75, 3.05) is 7.11 Å². The van der Waals surface area contributed by atoms with E-state index in [1.807, 2.05) is 0 Å². The lowest BCUT2D eigenvalue weighted by Crippen LogP contribution is -2.09. The number of rotatable bonds is 3. The van der Waals surface area contributed by atoms with E-state index in [0.717, 1.165) is 0 Å². The smallest absolute Gasteiger partial charge is 0.339 e. The standard InChI is InChI=1S/C10H11NO3/c1-7(2)10(12)14-9-6-8(13-3)4-5-11-9/h4-6H,1H2,2-3H3. The average Bonchev–Trinajstić information content (AvgIpc) is 2.18. The third-order valence-corrected chi connectivity index (χ3v) is 1.49. The molecule has 0 aliphatic heterocycles. The van der Waals surface area contributed by atoms with Crippen molar-refractivity contribution in [3.63, 3.8) is 0 Å². The van der Waals surface area contributed by atoms with Gasteiger partial charge in [-0.2, -0.15) is 0 Å². The van der Waals surface area contributed by atoms with Crippen LogP contribution in [-0.2, 0) is 4.79 Å². The molecule has 4 heteroatoms. The minimum absolute atomic E-state index is 0.206. The molecule has 1 aromatic rings. The number of esters is 1. The fraction of sp³-hybridized carbons (Fsp3) is 0.200. The molecule has 0 saturated carbocycles. The second-order valence-corrected chi connectivity index (χ2v) is 2.70. The second-order valence-electron chi connectivity index (χ2n) is 2.70. The average molecular weight is 193 g/mol. The van der Waals surface area contributed by atoms with Crippen molar-refractivity contribution in [2.24, 2.45) is 0 Å². The summed E-state index contributed by atoms with van der Waals surface area (Å²) in [4.78, 5) is 15.0. The number of carbonyl (C=O) groups excluding carboxylic acids is 1. The number of methoxy groups -OCH3 is 1. The third kappa shape index (κ3) is 2.58. The zero-order valence-corrected chi connectivity index (χ0v) is 8.11. The van der Waals surface area contributed by atoms with Crippen LogP contribution in [0.3, 0.4) is 0 Å². The molecule has 0 saturated heterocycles. The Hall–Kier alpha value is -1.84. The van der Waals surface area contributed by atoms with E-state index in [0.29, 0.717) is 11.3 Å². The van der Waals surface area contributed by atoms with Gasteiger partial charge in [0.2, 0.25) is 5.88 Å². The Morgan fingerprint density at radius 3 is 2.86 bits per heavy atom. The fourth-order valence-electron chi connectivity index (χ4n) is 0.756. The molecule has 1 rings (SSSR count). The minimum Gasteiger partial charge on any atom is -0.497 e. The van der Waals surface area contributed by atoms with E-state index in [1.54, 1.807) is 13.0 Å². The SMILES string of the molecule is C=C(C)C(=O)Oc1cc(OC)ccn1. The molecule has 4 nitrogen and oxygen atoms in total. The maximum Gasteiger partial charge on any atom is 0.339 e. The van der Waals surface area contributed by atoms with Gasteiger partial charge in [-0.25, -0.2) is 9.78 Å². The number of ether oxygens (including phenoxy) is 2. The molecule has 0 amide bonds. The zero-order chi connectivity index (χ0) is 10.6. The Morgan fingerprint density at radius 1 is 1.57 bits per heavy atom. The van der Waals surface area contributed by atoms with Crippen LogP contribution in [0.2, 0.25) is 0 Å². The van der Waals surface area contributed by atoms with Crippen LogP contribution in [0.4, 0.5) is 0 Å². The summed E-state index contributed by atoms with van der Waals surface area (Å²) in [6.07, 6.45) is 1.50. The van der Waals surface area contributed by atoms with Gasteiger partial charge in [0.25, 0.3) is 0 Å². The van der Waals surface area contributed by atoms with Crippen LogP contribution in [0.25, 0.3) is 0 Å². The van der Waals surface area contributed by atoms with Gasteiger partial charge in [-0.3, -0.25) is 0 Å². The molecule has 0 fully saturated rings. The van der Waals surface area contributed by atoms with Crippen LogP contribution in [-0.4, -0.2) is 18.1 Å². The highest BCUT2D eigenvalue weighted by molar-refractivity contribution is 5.88. The van der Waals surface area contributed by atoms with Crippen molar-refractivity contribution in [2.45, 2.75) is 6.92 Å². The van der Waals surface area contributed by atoms with Gasteiger partial charge in [0.05, 0.1) is 7.11 Å². The Labute approximate surface area is 82.2 Å². The molecular formula is C10H11NO3. The summed E-state index contributed by atoms with van der Waals surface area (Å²) in [5.41, 5.74) is 0.328. The van der Waals surface area contributed by atoms with Crippen molar-refractivity contribution >= 4 is 5.97 Å². The van der Waals surface area contributed by atoms with E-state index in [9.17, 15) is 4.79 Å². The summed E-state index contributed by atoms with van der Waals surface area (Å²) in [5, 5.41) is 0. The maximum absolute atomic E-state index is 11.1. The molecule has 1 heterocycles. The molecule has 14 heavy (non-hydrogen) atoms. The number of aromatic nitrogens is 1. The fourth-order valence-corrected chi connectivity index (χ4v) is 0.756. The van der Waals surface area contributed by atoms with Crippen LogP contribution in [0.1, 0.15) is 6.92 Å². The first kappa shape index (κ1) is 10.2. The van der Waals surface area contributed by atoms with Crippen molar-refractivity contribution in [1.82, 2.24) is 4.98 Å². The summed E-state index contributed by atoms with van der Waals surface area (Å²) in [6.45, 7) is 5.03. The third-order valence-electron chi connectivity index (χ3n) is 1.49. The Balaban J connectivity index is 2.76. The lowest BCUT2D eigenvalue weighted by atomic mass is 10.4. The Morgan fingerprint density at radius 2 is 2.29 bits per heavy atom. The van der Waals surface area contributed by atoms with Gasteiger partial charge in [0.15, 0.2) is 0 Å². The van der Waals surface area contributed by atoms with Gasteiger partial charge < -0.3 is 9.47 Å². The van der Waals surface area contributed by atoms with Crippen molar-refractivity contribution in [3.8, 4) is 11.6 Å². The number of hydrogen-bond acceptors (Lipinski definition) is 4. The first-order valence-electron chi connectivity index (χ1n) is 4.01. The van der Waals surface area contributed by atoms with Crippen LogP contribution in [0.15, 0.2) is 30.5 Å². The normalized spacial score (nSPS) is 9.29. The highest BCUT2D eigenvalue weighted by atomic mass is 16.5. The Bertz CT molecular complexity index is 360. The molecule has 0 N–H and O–H groups in total. The molecule has 1 aromatic heterocycles. The molecule has 0 aromatic carbocycles. The molecular weight excluding hydrogens is 182 g/mol. The lowest BCUT2D eigenvalue weighted by Gasteiger charge is -2.03. The highest BCUT2D eigenvalue weighted by Crippen LogP contribution is 2.16. The molecule has 0 atom stereocenters. The largest absolute Gasteiger partial charge is 0.497 e. The quantitative estimate of drug-likeness (QED) is 0.540. The van der Waals surface area contributed by atoms with Crippen LogP contribution in [0.5, 0.6) is 11.6 Å². The number of hydrogen-bond donors (Lipinski definition) is 0. The summed E-state index contributed by atoms with van der Waals surface area (Å²) in [6, 6.07) is 3.19. The van der Waals surface area contributed by atoms with E-state index in [1.165, 1.54) is 19.4 Å². The zero-order valence-electron chi connectivity index (χ0n) is 8.11. The predicted octanol–water partition coefficient (Wildman–Crippen LogP) is 1.57. The van der Waals surface area contributed by atoms with Gasteiger partial charge in [0, 0.05) is 17.8 Å².